The van der Waals surface area contributed by atoms with E-state index in [-0.39, 0.29) is 18.1 Å². The molecule has 0 N–H and O–H groups in total. The average molecular weight is 386 g/mol. The molecule has 4 nitrogen and oxygen atoms in total. The number of halogens is 1. The van der Waals surface area contributed by atoms with Crippen molar-refractivity contribution in [3.8, 4) is 0 Å². The van der Waals surface area contributed by atoms with Crippen molar-refractivity contribution in [3.63, 3.8) is 0 Å². The Bertz CT molecular complexity index is 1040. The van der Waals surface area contributed by atoms with Crippen molar-refractivity contribution >= 4 is 27.5 Å². The Morgan fingerprint density at radius 2 is 1.89 bits per heavy atom. The predicted octanol–water partition coefficient (Wildman–Crippen LogP) is 4.08. The van der Waals surface area contributed by atoms with Crippen molar-refractivity contribution < 1.29 is 13.9 Å². The Balaban J connectivity index is 2.00. The molecule has 0 unspecified atom stereocenters. The molecule has 3 rings (SSSR count). The van der Waals surface area contributed by atoms with E-state index in [1.807, 2.05) is 25.3 Å². The monoisotopic (exact) mass is 386 g/mol. The minimum Gasteiger partial charge on any atom is -0.383 e. The molecule has 0 aliphatic heterocycles. The number of carbonyl (C=O) groups is 1. The van der Waals surface area contributed by atoms with Gasteiger partial charge in [-0.15, -0.1) is 0 Å². The molecule has 1 heterocycles. The van der Waals surface area contributed by atoms with Crippen LogP contribution in [0.4, 0.5) is 4.39 Å². The third-order valence-electron chi connectivity index (χ3n) is 4.55. The van der Waals surface area contributed by atoms with Crippen molar-refractivity contribution in [3.05, 3.63) is 63.2 Å². The van der Waals surface area contributed by atoms with Crippen LogP contribution in [0.25, 0.3) is 10.2 Å². The molecule has 0 bridgehead atoms. The number of hydrogen-bond donors (Lipinski definition) is 0. The number of carbonyl (C=O) groups excluding carboxylic acids is 1. The Morgan fingerprint density at radius 3 is 2.56 bits per heavy atom. The smallest absolute Gasteiger partial charge is 0.252 e. The average Bonchev–Trinajstić information content (AvgIpc) is 2.92. The number of methoxy groups -OCH3 is 1. The zero-order valence-electron chi connectivity index (χ0n) is 16.0. The summed E-state index contributed by atoms with van der Waals surface area (Å²) in [7, 11) is 1.62. The van der Waals surface area contributed by atoms with Crippen LogP contribution >= 0.6 is 11.3 Å². The second kappa shape index (κ2) is 8.15. The van der Waals surface area contributed by atoms with Crippen LogP contribution in [-0.2, 0) is 22.5 Å². The number of ether oxygens (including phenoxy) is 1. The lowest BCUT2D eigenvalue weighted by Crippen LogP contribution is -2.20. The summed E-state index contributed by atoms with van der Waals surface area (Å²) in [6.07, 6.45) is 0.255. The van der Waals surface area contributed by atoms with Gasteiger partial charge in [0.2, 0.25) is 0 Å². The highest BCUT2D eigenvalue weighted by atomic mass is 32.1. The van der Waals surface area contributed by atoms with Gasteiger partial charge < -0.3 is 9.30 Å². The molecule has 1 amide bonds. The van der Waals surface area contributed by atoms with Crippen LogP contribution < -0.4 is 4.80 Å². The first-order valence-electron chi connectivity index (χ1n) is 8.81. The molecule has 1 aromatic heterocycles. The van der Waals surface area contributed by atoms with Crippen LogP contribution in [-0.4, -0.2) is 24.2 Å². The fourth-order valence-corrected chi connectivity index (χ4v) is 4.42. The number of rotatable bonds is 5. The zero-order chi connectivity index (χ0) is 19.6. The maximum Gasteiger partial charge on any atom is 0.252 e. The Hall–Kier alpha value is -2.31. The van der Waals surface area contributed by atoms with Gasteiger partial charge in [-0.1, -0.05) is 29.0 Å². The van der Waals surface area contributed by atoms with Gasteiger partial charge in [-0.2, -0.15) is 4.99 Å². The lowest BCUT2D eigenvalue weighted by Gasteiger charge is -2.09. The van der Waals surface area contributed by atoms with Crippen molar-refractivity contribution in [1.82, 2.24) is 4.57 Å². The van der Waals surface area contributed by atoms with E-state index in [0.717, 1.165) is 26.9 Å². The summed E-state index contributed by atoms with van der Waals surface area (Å²) < 4.78 is 21.4. The van der Waals surface area contributed by atoms with Gasteiger partial charge in [-0.3, -0.25) is 4.79 Å². The van der Waals surface area contributed by atoms with E-state index in [4.69, 9.17) is 4.74 Å². The maximum atomic E-state index is 13.6. The van der Waals surface area contributed by atoms with E-state index >= 15 is 0 Å². The van der Waals surface area contributed by atoms with Crippen LogP contribution in [0.15, 0.2) is 35.3 Å². The van der Waals surface area contributed by atoms with E-state index in [1.54, 1.807) is 13.2 Å². The molecule has 0 spiro atoms. The molecule has 0 saturated carbocycles. The largest absolute Gasteiger partial charge is 0.383 e. The second-order valence-electron chi connectivity index (χ2n) is 6.70. The van der Waals surface area contributed by atoms with Crippen molar-refractivity contribution in [2.75, 3.05) is 13.7 Å². The van der Waals surface area contributed by atoms with Gasteiger partial charge in [0.05, 0.1) is 23.2 Å². The fraction of sp³-hybridized carbons (Fsp3) is 0.333. The highest BCUT2D eigenvalue weighted by molar-refractivity contribution is 7.16. The molecule has 2 aromatic carbocycles. The van der Waals surface area contributed by atoms with Crippen LogP contribution in [0.2, 0.25) is 0 Å². The van der Waals surface area contributed by atoms with Gasteiger partial charge >= 0.3 is 0 Å². The quantitative estimate of drug-likeness (QED) is 0.663. The predicted molar refractivity (Wildman–Crippen MR) is 107 cm³/mol. The van der Waals surface area contributed by atoms with Gasteiger partial charge in [-0.05, 0) is 55.7 Å². The van der Waals surface area contributed by atoms with Gasteiger partial charge in [0.15, 0.2) is 4.80 Å². The lowest BCUT2D eigenvalue weighted by molar-refractivity contribution is -0.117. The van der Waals surface area contributed by atoms with Gasteiger partial charge in [-0.25, -0.2) is 4.39 Å². The van der Waals surface area contributed by atoms with Crippen molar-refractivity contribution in [1.29, 1.82) is 0 Å². The first kappa shape index (κ1) is 19.5. The summed E-state index contributed by atoms with van der Waals surface area (Å²) in [6, 6.07) is 8.77. The summed E-state index contributed by atoms with van der Waals surface area (Å²) in [5, 5.41) is 0. The minimum absolute atomic E-state index is 0.205. The van der Waals surface area contributed by atoms with E-state index in [1.165, 1.54) is 29.0 Å². The SMILES string of the molecule is COCCn1c(=NC(=O)Cc2c(C)cc(C)cc2C)sc2cc(F)ccc21. The van der Waals surface area contributed by atoms with Gasteiger partial charge in [0, 0.05) is 13.7 Å². The highest BCUT2D eigenvalue weighted by Gasteiger charge is 2.12. The second-order valence-corrected chi connectivity index (χ2v) is 7.71. The molecular formula is C21H23FN2O2S. The molecular weight excluding hydrogens is 363 g/mol. The maximum absolute atomic E-state index is 13.6. The van der Waals surface area contributed by atoms with Gasteiger partial charge in [0.25, 0.3) is 5.91 Å². The summed E-state index contributed by atoms with van der Waals surface area (Å²) in [5.41, 5.74) is 5.25. The van der Waals surface area contributed by atoms with Crippen molar-refractivity contribution in [2.24, 2.45) is 4.99 Å². The summed E-state index contributed by atoms with van der Waals surface area (Å²) in [5.74, 6) is -0.505. The molecule has 0 aliphatic rings. The minimum atomic E-state index is -0.300. The van der Waals surface area contributed by atoms with E-state index in [2.05, 4.69) is 17.1 Å². The zero-order valence-corrected chi connectivity index (χ0v) is 16.8. The first-order valence-corrected chi connectivity index (χ1v) is 9.63. The Kier molecular flexibility index (Phi) is 5.87. The molecule has 142 valence electrons. The summed E-state index contributed by atoms with van der Waals surface area (Å²) in [6.45, 7) is 7.12. The number of fused-ring (bicyclic) bond motifs is 1. The number of aromatic nitrogens is 1. The van der Waals surface area contributed by atoms with Crippen LogP contribution in [0.5, 0.6) is 0 Å². The Labute approximate surface area is 161 Å². The van der Waals surface area contributed by atoms with E-state index in [0.29, 0.717) is 18.0 Å². The first-order chi connectivity index (χ1) is 12.9. The van der Waals surface area contributed by atoms with Crippen LogP contribution in [0.1, 0.15) is 22.3 Å². The summed E-state index contributed by atoms with van der Waals surface area (Å²) >= 11 is 1.32. The standard InChI is InChI=1S/C21H23FN2O2S/c1-13-9-14(2)17(15(3)10-13)12-20(25)23-21-24(7-8-26-4)18-6-5-16(22)11-19(18)27-21/h5-6,9-11H,7-8,12H2,1-4H3. The highest BCUT2D eigenvalue weighted by Crippen LogP contribution is 2.20. The number of aryl methyl sites for hydroxylation is 3. The van der Waals surface area contributed by atoms with E-state index in [9.17, 15) is 9.18 Å². The molecule has 0 aliphatic carbocycles. The molecule has 0 saturated heterocycles. The third-order valence-corrected chi connectivity index (χ3v) is 5.59. The van der Waals surface area contributed by atoms with E-state index < -0.39 is 0 Å². The topological polar surface area (TPSA) is 43.6 Å². The number of amides is 1. The van der Waals surface area contributed by atoms with Crippen LogP contribution in [0, 0.1) is 26.6 Å². The van der Waals surface area contributed by atoms with Crippen LogP contribution in [0.3, 0.4) is 0 Å². The molecule has 3 aromatic rings. The number of thiazole rings is 1. The van der Waals surface area contributed by atoms with Gasteiger partial charge in [0.1, 0.15) is 5.82 Å². The molecule has 27 heavy (non-hydrogen) atoms. The molecule has 0 radical (unpaired) electrons. The number of nitrogens with zero attached hydrogens (tertiary/aromatic N) is 2. The third kappa shape index (κ3) is 4.34. The fourth-order valence-electron chi connectivity index (χ4n) is 3.32. The normalized spacial score (nSPS) is 12.1. The molecule has 0 atom stereocenters. The number of hydrogen-bond acceptors (Lipinski definition) is 3. The lowest BCUT2D eigenvalue weighted by atomic mass is 9.97. The van der Waals surface area contributed by atoms with Crippen molar-refractivity contribution in [2.45, 2.75) is 33.7 Å². The molecule has 0 fully saturated rings. The number of benzene rings is 2. The Morgan fingerprint density at radius 1 is 1.19 bits per heavy atom. The molecule has 6 heteroatoms. The summed E-state index contributed by atoms with van der Waals surface area (Å²) in [4.78, 5) is 17.6.